The zero-order valence-corrected chi connectivity index (χ0v) is 24.0. The van der Waals surface area contributed by atoms with Gasteiger partial charge in [0.1, 0.15) is 17.0 Å². The quantitative estimate of drug-likeness (QED) is 0.230. The van der Waals surface area contributed by atoms with Crippen LogP contribution in [0.15, 0.2) is 41.3 Å². The van der Waals surface area contributed by atoms with Crippen LogP contribution in [0.25, 0.3) is 0 Å². The van der Waals surface area contributed by atoms with E-state index in [1.807, 2.05) is 6.07 Å². The summed E-state index contributed by atoms with van der Waals surface area (Å²) < 4.78 is 39.2. The van der Waals surface area contributed by atoms with Crippen LogP contribution in [-0.2, 0) is 14.8 Å². The molecule has 0 saturated carbocycles. The van der Waals surface area contributed by atoms with E-state index in [4.69, 9.17) is 14.7 Å². The van der Waals surface area contributed by atoms with Crippen molar-refractivity contribution in [1.82, 2.24) is 15.1 Å². The van der Waals surface area contributed by atoms with Crippen LogP contribution in [-0.4, -0.2) is 82.4 Å². The molecule has 4 rings (SSSR count). The van der Waals surface area contributed by atoms with Crippen LogP contribution in [0.1, 0.15) is 48.0 Å². The molecule has 41 heavy (non-hydrogen) atoms. The summed E-state index contributed by atoms with van der Waals surface area (Å²) in [5.74, 6) is 0.0623. The van der Waals surface area contributed by atoms with Gasteiger partial charge in [0.05, 0.1) is 42.0 Å². The molecule has 13 heteroatoms. The highest BCUT2D eigenvalue weighted by Crippen LogP contribution is 2.35. The van der Waals surface area contributed by atoms with Crippen LogP contribution in [0.5, 0.6) is 11.5 Å². The Bertz CT molecular complexity index is 1480. The number of nitrogens with one attached hydrogen (secondary N) is 2. The summed E-state index contributed by atoms with van der Waals surface area (Å²) in [7, 11) is 0.262. The number of Topliss-reactive ketones (excluding diaryl/α,β-unsaturated/α-hetero) is 1. The number of anilines is 1. The summed E-state index contributed by atoms with van der Waals surface area (Å²) in [5.41, 5.74) is -0.163. The average Bonchev–Trinajstić information content (AvgIpc) is 3.18. The number of benzene rings is 2. The van der Waals surface area contributed by atoms with E-state index in [9.17, 15) is 22.8 Å². The number of amides is 3. The maximum Gasteiger partial charge on any atom is 0.324 e. The third-order valence-corrected chi connectivity index (χ3v) is 8.94. The molecule has 3 amide bonds. The summed E-state index contributed by atoms with van der Waals surface area (Å²) in [6.45, 7) is 2.09. The number of methoxy groups -OCH3 is 2. The highest BCUT2D eigenvalue weighted by atomic mass is 32.2. The largest absolute Gasteiger partial charge is 0.496 e. The molecule has 2 aliphatic rings. The Morgan fingerprint density at radius 3 is 2.29 bits per heavy atom. The van der Waals surface area contributed by atoms with Gasteiger partial charge in [-0.2, -0.15) is 5.26 Å². The van der Waals surface area contributed by atoms with Gasteiger partial charge in [-0.1, -0.05) is 0 Å². The minimum Gasteiger partial charge on any atom is -0.496 e. The number of hydrogen-bond donors (Lipinski definition) is 2. The van der Waals surface area contributed by atoms with Crippen LogP contribution >= 0.6 is 0 Å². The standard InChI is InChI=1S/C28H33N5O7S/c1-32-26(35)28(30-27(32)36)11-14-33(15-12-28)13-5-4-6-23(34)21-16-22(25(40-3)17-24(21)39-2)31-41(37,38)20-9-7-19(18-29)8-10-20/h7-10,16-17,31H,4-6,11-15H2,1-3H3,(H,30,36). The second-order valence-corrected chi connectivity index (χ2v) is 11.8. The van der Waals surface area contributed by atoms with E-state index < -0.39 is 15.6 Å². The lowest BCUT2D eigenvalue weighted by Gasteiger charge is -2.37. The van der Waals surface area contributed by atoms with Crippen molar-refractivity contribution in [3.8, 4) is 17.6 Å². The SMILES string of the molecule is COc1cc(OC)c(C(=O)CCCCN2CCC3(CC2)NC(=O)N(C)C3=O)cc1NS(=O)(=O)c1ccc(C#N)cc1. The minimum absolute atomic E-state index is 0.0439. The van der Waals surface area contributed by atoms with Crippen molar-refractivity contribution in [1.29, 1.82) is 5.26 Å². The molecule has 0 unspecified atom stereocenters. The molecule has 2 heterocycles. The molecule has 0 aromatic heterocycles. The number of ether oxygens (including phenoxy) is 2. The highest BCUT2D eigenvalue weighted by Gasteiger charge is 2.50. The maximum absolute atomic E-state index is 13.2. The fraction of sp³-hybridized carbons (Fsp3) is 0.429. The molecule has 2 aromatic carbocycles. The summed E-state index contributed by atoms with van der Waals surface area (Å²) >= 11 is 0. The summed E-state index contributed by atoms with van der Waals surface area (Å²) in [4.78, 5) is 40.8. The molecule has 0 aliphatic carbocycles. The molecule has 2 aliphatic heterocycles. The van der Waals surface area contributed by atoms with Gasteiger partial charge in [0.15, 0.2) is 5.78 Å². The molecule has 0 atom stereocenters. The van der Waals surface area contributed by atoms with E-state index in [0.717, 1.165) is 17.9 Å². The van der Waals surface area contributed by atoms with Gasteiger partial charge in [0, 0.05) is 32.6 Å². The van der Waals surface area contributed by atoms with Gasteiger partial charge in [-0.3, -0.25) is 19.2 Å². The maximum atomic E-state index is 13.2. The van der Waals surface area contributed by atoms with Crippen LogP contribution in [0, 0.1) is 11.3 Å². The van der Waals surface area contributed by atoms with E-state index in [1.54, 1.807) is 0 Å². The first-order valence-corrected chi connectivity index (χ1v) is 14.7. The Labute approximate surface area is 239 Å². The molecule has 0 radical (unpaired) electrons. The van der Waals surface area contributed by atoms with Gasteiger partial charge in [-0.05, 0) is 62.6 Å². The lowest BCUT2D eigenvalue weighted by Crippen LogP contribution is -2.54. The number of likely N-dealkylation sites (tertiary alicyclic amines) is 1. The number of imide groups is 1. The van der Waals surface area contributed by atoms with E-state index in [2.05, 4.69) is 14.9 Å². The predicted octanol–water partition coefficient (Wildman–Crippen LogP) is 2.75. The number of likely N-dealkylation sites (N-methyl/N-ethyl adjacent to an activating group) is 1. The normalized spacial score (nSPS) is 16.8. The van der Waals surface area contributed by atoms with Gasteiger partial charge in [-0.25, -0.2) is 13.2 Å². The molecular weight excluding hydrogens is 550 g/mol. The van der Waals surface area contributed by atoms with E-state index >= 15 is 0 Å². The van der Waals surface area contributed by atoms with Gasteiger partial charge in [-0.15, -0.1) is 0 Å². The molecule has 2 saturated heterocycles. The molecule has 2 fully saturated rings. The number of nitriles is 1. The summed E-state index contributed by atoms with van der Waals surface area (Å²) in [5, 5.41) is 11.8. The number of carbonyl (C=O) groups excluding carboxylic acids is 3. The number of rotatable bonds is 11. The van der Waals surface area contributed by atoms with Crippen molar-refractivity contribution >= 4 is 33.4 Å². The second-order valence-electron chi connectivity index (χ2n) is 10.1. The number of hydrogen-bond acceptors (Lipinski definition) is 9. The Morgan fingerprint density at radius 2 is 1.73 bits per heavy atom. The molecule has 2 N–H and O–H groups in total. The molecular formula is C28H33N5O7S. The van der Waals surface area contributed by atoms with Crippen LogP contribution in [0.4, 0.5) is 10.5 Å². The van der Waals surface area contributed by atoms with Crippen molar-refractivity contribution in [2.75, 3.05) is 45.6 Å². The zero-order chi connectivity index (χ0) is 29.8. The molecule has 1 spiro atoms. The van der Waals surface area contributed by atoms with Gasteiger partial charge in [0.2, 0.25) is 0 Å². The third kappa shape index (κ3) is 6.28. The molecule has 218 valence electrons. The first kappa shape index (κ1) is 29.8. The first-order valence-electron chi connectivity index (χ1n) is 13.2. The Hall–Kier alpha value is -4.15. The number of carbonyl (C=O) groups is 3. The number of urea groups is 1. The summed E-state index contributed by atoms with van der Waals surface area (Å²) in [6.07, 6.45) is 2.66. The lowest BCUT2D eigenvalue weighted by molar-refractivity contribution is -0.132. The first-order chi connectivity index (χ1) is 19.5. The number of sulfonamides is 1. The van der Waals surface area contributed by atoms with Gasteiger partial charge in [0.25, 0.3) is 15.9 Å². The Kier molecular flexibility index (Phi) is 8.84. The van der Waals surface area contributed by atoms with Crippen LogP contribution < -0.4 is 19.5 Å². The monoisotopic (exact) mass is 583 g/mol. The van der Waals surface area contributed by atoms with Crippen molar-refractivity contribution in [3.63, 3.8) is 0 Å². The third-order valence-electron chi connectivity index (χ3n) is 7.56. The van der Waals surface area contributed by atoms with Crippen molar-refractivity contribution in [2.24, 2.45) is 0 Å². The predicted molar refractivity (Wildman–Crippen MR) is 149 cm³/mol. The second kappa shape index (κ2) is 12.2. The van der Waals surface area contributed by atoms with Gasteiger partial charge < -0.3 is 19.7 Å². The Balaban J connectivity index is 1.36. The van der Waals surface area contributed by atoms with Crippen molar-refractivity contribution in [2.45, 2.75) is 42.5 Å². The molecule has 2 aromatic rings. The summed E-state index contributed by atoms with van der Waals surface area (Å²) in [6, 6.07) is 9.92. The van der Waals surface area contributed by atoms with Gasteiger partial charge >= 0.3 is 6.03 Å². The molecule has 0 bridgehead atoms. The number of ketones is 1. The van der Waals surface area contributed by atoms with Crippen molar-refractivity contribution in [3.05, 3.63) is 47.5 Å². The van der Waals surface area contributed by atoms with Crippen LogP contribution in [0.2, 0.25) is 0 Å². The highest BCUT2D eigenvalue weighted by molar-refractivity contribution is 7.92. The number of piperidine rings is 1. The lowest BCUT2D eigenvalue weighted by atomic mass is 9.87. The molecule has 12 nitrogen and oxygen atoms in total. The van der Waals surface area contributed by atoms with E-state index in [0.29, 0.717) is 37.9 Å². The number of unbranched alkanes of at least 4 members (excludes halogenated alkanes) is 1. The van der Waals surface area contributed by atoms with Crippen molar-refractivity contribution < 1.29 is 32.3 Å². The fourth-order valence-corrected chi connectivity index (χ4v) is 6.18. The topological polar surface area (TPSA) is 158 Å². The average molecular weight is 584 g/mol. The van der Waals surface area contributed by atoms with Crippen LogP contribution in [0.3, 0.4) is 0 Å². The minimum atomic E-state index is -4.03. The smallest absolute Gasteiger partial charge is 0.324 e. The zero-order valence-electron chi connectivity index (χ0n) is 23.2. The fourth-order valence-electron chi connectivity index (χ4n) is 5.12. The number of nitrogens with zero attached hydrogens (tertiary/aromatic N) is 3. The van der Waals surface area contributed by atoms with E-state index in [1.165, 1.54) is 57.7 Å². The van der Waals surface area contributed by atoms with E-state index in [-0.39, 0.29) is 51.8 Å². The Morgan fingerprint density at radius 1 is 1.07 bits per heavy atom.